The van der Waals surface area contributed by atoms with Crippen LogP contribution in [0.25, 0.3) is 6.08 Å². The van der Waals surface area contributed by atoms with Gasteiger partial charge >= 0.3 is 0 Å². The fourth-order valence-corrected chi connectivity index (χ4v) is 2.95. The van der Waals surface area contributed by atoms with Crippen molar-refractivity contribution in [2.24, 2.45) is 0 Å². The number of rotatable bonds is 6. The van der Waals surface area contributed by atoms with Crippen LogP contribution in [0.1, 0.15) is 22.8 Å². The Balaban J connectivity index is 1.83. The molecular weight excluding hydrogens is 370 g/mol. The van der Waals surface area contributed by atoms with Crippen molar-refractivity contribution >= 4 is 35.1 Å². The largest absolute Gasteiger partial charge is 0.491 e. The van der Waals surface area contributed by atoms with E-state index in [2.05, 4.69) is 5.32 Å². The van der Waals surface area contributed by atoms with E-state index >= 15 is 0 Å². The fourth-order valence-electron chi connectivity index (χ4n) is 2.65. The number of carbonyl (C=O) groups excluding carboxylic acids is 2. The normalized spacial score (nSPS) is 12.9. The van der Waals surface area contributed by atoms with Gasteiger partial charge in [0, 0.05) is 5.56 Å². The van der Waals surface area contributed by atoms with Crippen molar-refractivity contribution in [3.63, 3.8) is 0 Å². The molecule has 0 aliphatic carbocycles. The molecule has 0 atom stereocenters. The Labute approximate surface area is 161 Å². The summed E-state index contributed by atoms with van der Waals surface area (Å²) in [6.07, 6.45) is 3.08. The molecule has 1 amide bonds. The maximum Gasteiger partial charge on any atom is 0.262 e. The second kappa shape index (κ2) is 8.14. The molecule has 0 fully saturated rings. The van der Waals surface area contributed by atoms with E-state index in [9.17, 15) is 9.59 Å². The van der Waals surface area contributed by atoms with Gasteiger partial charge in [0.15, 0.2) is 23.9 Å². The number of amides is 1. The molecule has 0 unspecified atom stereocenters. The second-order valence-corrected chi connectivity index (χ2v) is 6.12. The highest BCUT2D eigenvalue weighted by atomic mass is 35.5. The summed E-state index contributed by atoms with van der Waals surface area (Å²) in [5.41, 5.74) is 1.62. The van der Waals surface area contributed by atoms with E-state index in [4.69, 9.17) is 25.8 Å². The van der Waals surface area contributed by atoms with E-state index < -0.39 is 0 Å². The highest BCUT2D eigenvalue weighted by Crippen LogP contribution is 2.36. The summed E-state index contributed by atoms with van der Waals surface area (Å²) in [4.78, 5) is 23.9. The number of ketones is 1. The molecule has 6 nitrogen and oxygen atoms in total. The number of nitrogens with one attached hydrogen (secondary N) is 1. The highest BCUT2D eigenvalue weighted by molar-refractivity contribution is 6.32. The van der Waals surface area contributed by atoms with Gasteiger partial charge in [-0.05, 0) is 48.9 Å². The van der Waals surface area contributed by atoms with Gasteiger partial charge in [-0.25, -0.2) is 0 Å². The standard InChI is InChI=1S/C20H18ClNO5/c1-3-26-18-9-12(8-14(21)20(18)25-2)4-6-16(23)13-5-7-17-15(10-13)22-19(24)11-27-17/h4-10H,3,11H2,1-2H3,(H,22,24). The molecule has 27 heavy (non-hydrogen) atoms. The Morgan fingerprint density at radius 3 is 2.89 bits per heavy atom. The SMILES string of the molecule is CCOc1cc(C=CC(=O)c2ccc3c(c2)NC(=O)CO3)cc(Cl)c1OC. The first-order valence-corrected chi connectivity index (χ1v) is 8.69. The average molecular weight is 388 g/mol. The number of hydrogen-bond donors (Lipinski definition) is 1. The van der Waals surface area contributed by atoms with E-state index in [1.807, 2.05) is 6.92 Å². The topological polar surface area (TPSA) is 73.9 Å². The Morgan fingerprint density at radius 1 is 1.33 bits per heavy atom. The summed E-state index contributed by atoms with van der Waals surface area (Å²) in [6, 6.07) is 8.33. The molecule has 0 radical (unpaired) electrons. The molecule has 2 aromatic rings. The quantitative estimate of drug-likeness (QED) is 0.599. The van der Waals surface area contributed by atoms with Gasteiger partial charge in [0.2, 0.25) is 0 Å². The summed E-state index contributed by atoms with van der Waals surface area (Å²) < 4.78 is 16.1. The van der Waals surface area contributed by atoms with Crippen LogP contribution < -0.4 is 19.5 Å². The molecule has 0 saturated carbocycles. The van der Waals surface area contributed by atoms with Crippen molar-refractivity contribution < 1.29 is 23.8 Å². The molecule has 2 aromatic carbocycles. The number of allylic oxidation sites excluding steroid dienone is 1. The Morgan fingerprint density at radius 2 is 2.15 bits per heavy atom. The van der Waals surface area contributed by atoms with E-state index in [1.165, 1.54) is 13.2 Å². The smallest absolute Gasteiger partial charge is 0.262 e. The van der Waals surface area contributed by atoms with Crippen LogP contribution in [0.2, 0.25) is 5.02 Å². The average Bonchev–Trinajstić information content (AvgIpc) is 2.65. The zero-order valence-electron chi connectivity index (χ0n) is 14.9. The number of hydrogen-bond acceptors (Lipinski definition) is 5. The lowest BCUT2D eigenvalue weighted by Crippen LogP contribution is -2.25. The molecule has 0 saturated heterocycles. The fraction of sp³-hybridized carbons (Fsp3) is 0.200. The van der Waals surface area contributed by atoms with E-state index in [0.29, 0.717) is 45.7 Å². The van der Waals surface area contributed by atoms with Crippen LogP contribution in [0.4, 0.5) is 5.69 Å². The first-order valence-electron chi connectivity index (χ1n) is 8.31. The Hall–Kier alpha value is -2.99. The minimum absolute atomic E-state index is 0.0272. The molecule has 1 aliphatic rings. The molecular formula is C20H18ClNO5. The number of anilines is 1. The number of benzene rings is 2. The van der Waals surface area contributed by atoms with Gasteiger partial charge in [-0.15, -0.1) is 0 Å². The third-order valence-corrected chi connectivity index (χ3v) is 4.14. The van der Waals surface area contributed by atoms with E-state index in [-0.39, 0.29) is 18.3 Å². The number of carbonyl (C=O) groups is 2. The summed E-state index contributed by atoms with van der Waals surface area (Å²) in [7, 11) is 1.52. The van der Waals surface area contributed by atoms with Crippen molar-refractivity contribution in [1.82, 2.24) is 0 Å². The Bertz CT molecular complexity index is 923. The zero-order valence-corrected chi connectivity index (χ0v) is 15.6. The van der Waals surface area contributed by atoms with Gasteiger partial charge in [-0.2, -0.15) is 0 Å². The molecule has 1 heterocycles. The summed E-state index contributed by atoms with van der Waals surface area (Å²) in [5, 5.41) is 3.08. The summed E-state index contributed by atoms with van der Waals surface area (Å²) in [5.74, 6) is 1.03. The lowest BCUT2D eigenvalue weighted by atomic mass is 10.1. The number of methoxy groups -OCH3 is 1. The maximum absolute atomic E-state index is 12.5. The molecule has 7 heteroatoms. The van der Waals surface area contributed by atoms with Crippen molar-refractivity contribution in [3.8, 4) is 17.2 Å². The molecule has 140 valence electrons. The highest BCUT2D eigenvalue weighted by Gasteiger charge is 2.17. The van der Waals surface area contributed by atoms with Gasteiger partial charge in [-0.1, -0.05) is 17.7 Å². The third-order valence-electron chi connectivity index (χ3n) is 3.86. The minimum Gasteiger partial charge on any atom is -0.491 e. The number of ether oxygens (including phenoxy) is 3. The van der Waals surface area contributed by atoms with Gasteiger partial charge < -0.3 is 19.5 Å². The maximum atomic E-state index is 12.5. The molecule has 3 rings (SSSR count). The molecule has 0 spiro atoms. The lowest BCUT2D eigenvalue weighted by Gasteiger charge is -2.18. The Kier molecular flexibility index (Phi) is 5.66. The van der Waals surface area contributed by atoms with Gasteiger partial charge in [0.05, 0.1) is 24.4 Å². The van der Waals surface area contributed by atoms with Crippen molar-refractivity contribution in [1.29, 1.82) is 0 Å². The lowest BCUT2D eigenvalue weighted by molar-refractivity contribution is -0.118. The monoisotopic (exact) mass is 387 g/mol. The van der Waals surface area contributed by atoms with Crippen LogP contribution in [0.15, 0.2) is 36.4 Å². The molecule has 1 aliphatic heterocycles. The van der Waals surface area contributed by atoms with Crippen LogP contribution in [0.5, 0.6) is 17.2 Å². The first kappa shape index (κ1) is 18.8. The van der Waals surface area contributed by atoms with E-state index in [1.54, 1.807) is 36.4 Å². The third kappa shape index (κ3) is 4.23. The van der Waals surface area contributed by atoms with Crippen LogP contribution >= 0.6 is 11.6 Å². The number of fused-ring (bicyclic) bond motifs is 1. The van der Waals surface area contributed by atoms with Crippen LogP contribution in [0, 0.1) is 0 Å². The molecule has 0 bridgehead atoms. The minimum atomic E-state index is -0.251. The van der Waals surface area contributed by atoms with Gasteiger partial charge in [-0.3, -0.25) is 9.59 Å². The van der Waals surface area contributed by atoms with Crippen LogP contribution in [0.3, 0.4) is 0 Å². The first-order chi connectivity index (χ1) is 13.0. The second-order valence-electron chi connectivity index (χ2n) is 5.71. The predicted octanol–water partition coefficient (Wildman–Crippen LogP) is 3.97. The summed E-state index contributed by atoms with van der Waals surface area (Å²) in [6.45, 7) is 2.29. The van der Waals surface area contributed by atoms with Gasteiger partial charge in [0.1, 0.15) is 5.75 Å². The summed E-state index contributed by atoms with van der Waals surface area (Å²) >= 11 is 6.22. The zero-order chi connectivity index (χ0) is 19.4. The molecule has 0 aromatic heterocycles. The predicted molar refractivity (Wildman–Crippen MR) is 103 cm³/mol. The van der Waals surface area contributed by atoms with E-state index in [0.717, 1.165) is 0 Å². The van der Waals surface area contributed by atoms with Crippen LogP contribution in [-0.4, -0.2) is 32.0 Å². The van der Waals surface area contributed by atoms with Crippen molar-refractivity contribution in [2.75, 3.05) is 25.6 Å². The molecule has 1 N–H and O–H groups in total. The van der Waals surface area contributed by atoms with Crippen molar-refractivity contribution in [3.05, 3.63) is 52.6 Å². The number of halogens is 1. The van der Waals surface area contributed by atoms with Crippen LogP contribution in [-0.2, 0) is 4.79 Å². The van der Waals surface area contributed by atoms with Gasteiger partial charge in [0.25, 0.3) is 5.91 Å². The van der Waals surface area contributed by atoms with Crippen molar-refractivity contribution in [2.45, 2.75) is 6.92 Å².